The van der Waals surface area contributed by atoms with Crippen LogP contribution in [0.1, 0.15) is 13.8 Å². The average molecular weight is 186 g/mol. The number of hydrogen-bond donors (Lipinski definition) is 0. The fourth-order valence-corrected chi connectivity index (χ4v) is 0.481. The lowest BCUT2D eigenvalue weighted by Crippen LogP contribution is -2.33. The first-order chi connectivity index (χ1) is 6.02. The maximum Gasteiger partial charge on any atom is 0.443 e. The van der Waals surface area contributed by atoms with Gasteiger partial charge in [-0.15, -0.1) is 5.06 Å². The summed E-state index contributed by atoms with van der Waals surface area (Å²) in [7, 11) is 2.90. The van der Waals surface area contributed by atoms with Gasteiger partial charge >= 0.3 is 12.1 Å². The van der Waals surface area contributed by atoms with E-state index in [1.54, 1.807) is 6.92 Å². The lowest BCUT2D eigenvalue weighted by molar-refractivity contribution is -0.174. The molecule has 0 aromatic heterocycles. The molecule has 0 aliphatic rings. The lowest BCUT2D eigenvalue weighted by Gasteiger charge is -2.17. The van der Waals surface area contributed by atoms with Gasteiger partial charge in [0.2, 0.25) is 0 Å². The fourth-order valence-electron chi connectivity index (χ4n) is 0.481. The summed E-state index contributed by atoms with van der Waals surface area (Å²) in [5, 5.41) is 0.754. The van der Waals surface area contributed by atoms with E-state index in [-0.39, 0.29) is 12.1 Å². The van der Waals surface area contributed by atoms with Crippen LogP contribution in [0, 0.1) is 7.11 Å². The van der Waals surface area contributed by atoms with Crippen LogP contribution in [0.4, 0.5) is 4.79 Å². The van der Waals surface area contributed by atoms with Crippen molar-refractivity contribution in [3.8, 4) is 0 Å². The normalized spacial score (nSPS) is 8.85. The zero-order valence-electron chi connectivity index (χ0n) is 7.70. The summed E-state index contributed by atoms with van der Waals surface area (Å²) in [6, 6.07) is 0. The Kier molecular flexibility index (Phi) is 4.58. The number of ether oxygens (including phenoxy) is 1. The molecule has 0 aromatic rings. The second-order valence-corrected chi connectivity index (χ2v) is 2.26. The van der Waals surface area contributed by atoms with Crippen LogP contribution in [0.3, 0.4) is 0 Å². The molecule has 73 valence electrons. The van der Waals surface area contributed by atoms with Gasteiger partial charge in [-0.05, 0) is 13.8 Å². The predicted molar refractivity (Wildman–Crippen MR) is 45.1 cm³/mol. The quantitative estimate of drug-likeness (QED) is 0.481. The maximum absolute atomic E-state index is 10.9. The molecule has 0 unspecified atom stereocenters. The Morgan fingerprint density at radius 3 is 2.31 bits per heavy atom. The summed E-state index contributed by atoms with van der Waals surface area (Å²) in [6.07, 6.45) is -0.822. The monoisotopic (exact) mass is 186 g/mol. The van der Waals surface area contributed by atoms with E-state index in [1.807, 2.05) is 0 Å². The van der Waals surface area contributed by atoms with Crippen LogP contribution in [-0.4, -0.2) is 23.7 Å². The number of nitrogens with zero attached hydrogens (tertiary/aromatic N) is 1. The van der Waals surface area contributed by atoms with Crippen molar-refractivity contribution in [2.45, 2.75) is 13.8 Å². The largest absolute Gasteiger partial charge is 0.444 e. The number of rotatable bonds is 2. The van der Waals surface area contributed by atoms with Gasteiger partial charge in [0.15, 0.2) is 0 Å². The van der Waals surface area contributed by atoms with E-state index < -0.39 is 12.1 Å². The molecule has 0 saturated carbocycles. The van der Waals surface area contributed by atoms with E-state index in [9.17, 15) is 9.59 Å². The average Bonchev–Trinajstić information content (AvgIpc) is 2.12. The summed E-state index contributed by atoms with van der Waals surface area (Å²) in [5.41, 5.74) is 0.204. The molecule has 5 heteroatoms. The van der Waals surface area contributed by atoms with Gasteiger partial charge in [-0.25, -0.2) is 9.59 Å². The van der Waals surface area contributed by atoms with Gasteiger partial charge < -0.3 is 9.57 Å². The first-order valence-corrected chi connectivity index (χ1v) is 3.64. The minimum atomic E-state index is -0.822. The summed E-state index contributed by atoms with van der Waals surface area (Å²) in [4.78, 5) is 26.4. The van der Waals surface area contributed by atoms with Crippen LogP contribution >= 0.6 is 0 Å². The third-order valence-corrected chi connectivity index (χ3v) is 1.16. The van der Waals surface area contributed by atoms with Crippen molar-refractivity contribution in [2.24, 2.45) is 0 Å². The molecule has 1 amide bonds. The van der Waals surface area contributed by atoms with Gasteiger partial charge in [0.05, 0.1) is 6.54 Å². The van der Waals surface area contributed by atoms with E-state index in [4.69, 9.17) is 0 Å². The minimum absolute atomic E-state index is 0.188. The Morgan fingerprint density at radius 2 is 2.00 bits per heavy atom. The van der Waals surface area contributed by atoms with E-state index in [0.29, 0.717) is 0 Å². The molecule has 0 rings (SSSR count). The third-order valence-electron chi connectivity index (χ3n) is 1.16. The van der Waals surface area contributed by atoms with Crippen LogP contribution in [0.5, 0.6) is 0 Å². The molecule has 5 nitrogen and oxygen atoms in total. The molecular formula is C8H12NO4. The molecule has 0 spiro atoms. The van der Waals surface area contributed by atoms with E-state index in [0.717, 1.165) is 5.06 Å². The summed E-state index contributed by atoms with van der Waals surface area (Å²) in [5.74, 6) is -0.674. The van der Waals surface area contributed by atoms with Crippen molar-refractivity contribution in [1.29, 1.82) is 0 Å². The standard InChI is InChI=1S/C8H12NO4/c1-5-9(8(11)12-4)13-7(10)6(2)3/h2,4-5H2,1,3H3. The van der Waals surface area contributed by atoms with Gasteiger partial charge in [-0.1, -0.05) is 6.58 Å². The van der Waals surface area contributed by atoms with Crippen molar-refractivity contribution in [2.75, 3.05) is 6.54 Å². The van der Waals surface area contributed by atoms with Crippen LogP contribution in [-0.2, 0) is 14.4 Å². The number of hydrogen-bond acceptors (Lipinski definition) is 4. The predicted octanol–water partition coefficient (Wildman–Crippen LogP) is 1.27. The number of carbonyl (C=O) groups excluding carboxylic acids is 2. The fraction of sp³-hybridized carbons (Fsp3) is 0.375. The number of amides is 1. The zero-order chi connectivity index (χ0) is 10.4. The molecule has 13 heavy (non-hydrogen) atoms. The smallest absolute Gasteiger partial charge is 0.443 e. The minimum Gasteiger partial charge on any atom is -0.444 e. The summed E-state index contributed by atoms with van der Waals surface area (Å²) in [6.45, 7) is 6.65. The molecule has 0 heterocycles. The molecule has 1 radical (unpaired) electrons. The number of hydroxylamine groups is 2. The Balaban J connectivity index is 4.21. The van der Waals surface area contributed by atoms with Crippen molar-refractivity contribution >= 4 is 12.1 Å². The zero-order valence-corrected chi connectivity index (χ0v) is 7.70. The molecule has 0 saturated heterocycles. The van der Waals surface area contributed by atoms with Crippen LogP contribution < -0.4 is 0 Å². The number of carbonyl (C=O) groups is 2. The molecule has 0 aromatic carbocycles. The lowest BCUT2D eigenvalue weighted by atomic mass is 10.4. The Bertz CT molecular complexity index is 224. The van der Waals surface area contributed by atoms with Gasteiger partial charge in [0, 0.05) is 5.57 Å². The molecule has 0 aliphatic carbocycles. The van der Waals surface area contributed by atoms with Crippen LogP contribution in [0.2, 0.25) is 0 Å². The molecular weight excluding hydrogens is 174 g/mol. The van der Waals surface area contributed by atoms with E-state index in [1.165, 1.54) is 6.92 Å². The molecule has 0 aliphatic heterocycles. The Morgan fingerprint density at radius 1 is 1.46 bits per heavy atom. The van der Waals surface area contributed by atoms with Crippen molar-refractivity contribution in [3.05, 3.63) is 19.3 Å². The summed E-state index contributed by atoms with van der Waals surface area (Å²) >= 11 is 0. The van der Waals surface area contributed by atoms with Crippen molar-refractivity contribution < 1.29 is 19.2 Å². The Labute approximate surface area is 76.9 Å². The second kappa shape index (κ2) is 5.18. The van der Waals surface area contributed by atoms with Crippen molar-refractivity contribution in [1.82, 2.24) is 5.06 Å². The second-order valence-electron chi connectivity index (χ2n) is 2.26. The van der Waals surface area contributed by atoms with E-state index in [2.05, 4.69) is 23.3 Å². The SMILES string of the molecule is [CH2]OC(=O)N(CC)OC(=O)C(=C)C. The third kappa shape index (κ3) is 3.59. The van der Waals surface area contributed by atoms with Crippen LogP contribution in [0.15, 0.2) is 12.2 Å². The first-order valence-electron chi connectivity index (χ1n) is 3.64. The Hall–Kier alpha value is -1.52. The van der Waals surface area contributed by atoms with E-state index >= 15 is 0 Å². The molecule has 0 bridgehead atoms. The topological polar surface area (TPSA) is 55.8 Å². The molecule has 0 fully saturated rings. The highest BCUT2D eigenvalue weighted by molar-refractivity contribution is 5.87. The highest BCUT2D eigenvalue weighted by Crippen LogP contribution is 1.99. The summed E-state index contributed by atoms with van der Waals surface area (Å²) < 4.78 is 4.11. The molecule has 0 N–H and O–H groups in total. The highest BCUT2D eigenvalue weighted by atomic mass is 16.7. The highest BCUT2D eigenvalue weighted by Gasteiger charge is 2.17. The molecule has 0 atom stereocenters. The maximum atomic E-state index is 10.9. The van der Waals surface area contributed by atoms with Gasteiger partial charge in [0.1, 0.15) is 7.11 Å². The van der Waals surface area contributed by atoms with Crippen LogP contribution in [0.25, 0.3) is 0 Å². The van der Waals surface area contributed by atoms with Gasteiger partial charge in [-0.3, -0.25) is 0 Å². The van der Waals surface area contributed by atoms with Crippen molar-refractivity contribution in [3.63, 3.8) is 0 Å². The van der Waals surface area contributed by atoms with Gasteiger partial charge in [0.25, 0.3) is 0 Å². The van der Waals surface area contributed by atoms with Gasteiger partial charge in [-0.2, -0.15) is 0 Å². The first kappa shape index (κ1) is 11.5.